The lowest BCUT2D eigenvalue weighted by atomic mass is 10.2. The summed E-state index contributed by atoms with van der Waals surface area (Å²) in [5.41, 5.74) is 0.687. The number of halogens is 1. The molecule has 0 bridgehead atoms. The number of para-hydroxylation sites is 1. The number of carbonyl (C=O) groups excluding carboxylic acids is 2. The van der Waals surface area contributed by atoms with Crippen LogP contribution in [-0.4, -0.2) is 18.3 Å². The molecule has 4 nitrogen and oxygen atoms in total. The molecule has 1 saturated heterocycles. The number of rotatable bonds is 3. The van der Waals surface area contributed by atoms with Gasteiger partial charge in [0, 0.05) is 0 Å². The number of hydrogen-bond acceptors (Lipinski definition) is 4. The number of anilines is 1. The van der Waals surface area contributed by atoms with E-state index in [4.69, 9.17) is 4.74 Å². The second-order valence-corrected chi connectivity index (χ2v) is 5.74. The average molecular weight is 329 g/mol. The van der Waals surface area contributed by atoms with Gasteiger partial charge < -0.3 is 4.74 Å². The third kappa shape index (κ3) is 2.98. The van der Waals surface area contributed by atoms with Gasteiger partial charge in [0.15, 0.2) is 0 Å². The second kappa shape index (κ2) is 6.26. The molecule has 0 spiro atoms. The van der Waals surface area contributed by atoms with Crippen LogP contribution in [0, 0.1) is 5.82 Å². The molecule has 0 aliphatic carbocycles. The molecule has 0 saturated carbocycles. The van der Waals surface area contributed by atoms with Crippen LogP contribution in [0.25, 0.3) is 6.08 Å². The van der Waals surface area contributed by atoms with Gasteiger partial charge in [-0.25, -0.2) is 9.29 Å². The smallest absolute Gasteiger partial charge is 0.298 e. The van der Waals surface area contributed by atoms with E-state index in [0.717, 1.165) is 22.2 Å². The quantitative estimate of drug-likeness (QED) is 0.796. The number of hydrogen-bond donors (Lipinski definition) is 0. The summed E-state index contributed by atoms with van der Waals surface area (Å²) in [5.74, 6) is -0.502. The summed E-state index contributed by atoms with van der Waals surface area (Å²) >= 11 is 0.785. The number of amides is 2. The first kappa shape index (κ1) is 15.3. The minimum absolute atomic E-state index is 0.0379. The van der Waals surface area contributed by atoms with Crippen LogP contribution in [0.4, 0.5) is 14.9 Å². The van der Waals surface area contributed by atoms with Crippen molar-refractivity contribution in [2.45, 2.75) is 0 Å². The maximum atomic E-state index is 13.8. The van der Waals surface area contributed by atoms with Gasteiger partial charge in [0.1, 0.15) is 11.6 Å². The van der Waals surface area contributed by atoms with Gasteiger partial charge in [-0.1, -0.05) is 24.3 Å². The van der Waals surface area contributed by atoms with Gasteiger partial charge in [-0.2, -0.15) is 0 Å². The van der Waals surface area contributed by atoms with Crippen LogP contribution in [0.15, 0.2) is 53.4 Å². The van der Waals surface area contributed by atoms with E-state index in [2.05, 4.69) is 0 Å². The van der Waals surface area contributed by atoms with Crippen molar-refractivity contribution in [2.75, 3.05) is 12.0 Å². The lowest BCUT2D eigenvalue weighted by Gasteiger charge is -2.12. The van der Waals surface area contributed by atoms with Crippen molar-refractivity contribution in [3.05, 3.63) is 64.8 Å². The molecule has 0 unspecified atom stereocenters. The van der Waals surface area contributed by atoms with Crippen molar-refractivity contribution in [1.82, 2.24) is 0 Å². The van der Waals surface area contributed by atoms with Gasteiger partial charge in [-0.15, -0.1) is 0 Å². The minimum atomic E-state index is -0.613. The number of nitrogens with zero attached hydrogens (tertiary/aromatic N) is 1. The number of methoxy groups -OCH3 is 1. The number of carbonyl (C=O) groups is 2. The fourth-order valence-corrected chi connectivity index (χ4v) is 3.03. The Morgan fingerprint density at radius 2 is 1.91 bits per heavy atom. The van der Waals surface area contributed by atoms with Crippen LogP contribution in [0.2, 0.25) is 0 Å². The molecular weight excluding hydrogens is 317 g/mol. The number of ether oxygens (including phenoxy) is 1. The zero-order valence-corrected chi connectivity index (χ0v) is 13.0. The van der Waals surface area contributed by atoms with Crippen molar-refractivity contribution in [3.63, 3.8) is 0 Å². The van der Waals surface area contributed by atoms with Crippen LogP contribution in [0.3, 0.4) is 0 Å². The summed E-state index contributed by atoms with van der Waals surface area (Å²) in [4.78, 5) is 25.6. The Hall–Kier alpha value is -2.60. The highest BCUT2D eigenvalue weighted by Gasteiger charge is 2.37. The van der Waals surface area contributed by atoms with Gasteiger partial charge >= 0.3 is 0 Å². The predicted molar refractivity (Wildman–Crippen MR) is 87.8 cm³/mol. The van der Waals surface area contributed by atoms with Crippen LogP contribution < -0.4 is 9.64 Å². The first-order valence-corrected chi connectivity index (χ1v) is 7.58. The fraction of sp³-hybridized carbons (Fsp3) is 0.0588. The fourth-order valence-electron chi connectivity index (χ4n) is 2.19. The first-order valence-electron chi connectivity index (χ1n) is 6.76. The Labute approximate surface area is 136 Å². The third-order valence-electron chi connectivity index (χ3n) is 3.28. The van der Waals surface area contributed by atoms with Crippen molar-refractivity contribution in [2.24, 2.45) is 0 Å². The Bertz CT molecular complexity index is 819. The van der Waals surface area contributed by atoms with Gasteiger partial charge in [0.05, 0.1) is 17.7 Å². The van der Waals surface area contributed by atoms with E-state index in [1.54, 1.807) is 43.5 Å². The van der Waals surface area contributed by atoms with E-state index in [-0.39, 0.29) is 10.6 Å². The molecule has 0 radical (unpaired) electrons. The van der Waals surface area contributed by atoms with E-state index < -0.39 is 17.0 Å². The maximum absolute atomic E-state index is 13.8. The van der Waals surface area contributed by atoms with Crippen LogP contribution in [-0.2, 0) is 4.79 Å². The van der Waals surface area contributed by atoms with E-state index in [0.29, 0.717) is 5.75 Å². The maximum Gasteiger partial charge on any atom is 0.298 e. The molecule has 1 heterocycles. The van der Waals surface area contributed by atoms with Crippen molar-refractivity contribution in [3.8, 4) is 5.75 Å². The van der Waals surface area contributed by atoms with E-state index >= 15 is 0 Å². The molecule has 23 heavy (non-hydrogen) atoms. The summed E-state index contributed by atoms with van der Waals surface area (Å²) in [7, 11) is 1.55. The molecular formula is C17H12FNO3S. The highest BCUT2D eigenvalue weighted by atomic mass is 32.2. The third-order valence-corrected chi connectivity index (χ3v) is 4.15. The standard InChI is InChI=1S/C17H12FNO3S/c1-22-12-6-4-5-11(9-12)10-15-16(20)19(17(21)23-15)14-8-3-2-7-13(14)18/h2-10H,1H3/b15-10-. The molecule has 3 rings (SSSR count). The Balaban J connectivity index is 1.95. The Morgan fingerprint density at radius 1 is 1.13 bits per heavy atom. The van der Waals surface area contributed by atoms with Gasteiger partial charge in [-0.05, 0) is 47.7 Å². The van der Waals surface area contributed by atoms with Crippen molar-refractivity contribution < 1.29 is 18.7 Å². The number of imide groups is 1. The zero-order chi connectivity index (χ0) is 16.4. The molecule has 0 atom stereocenters. The predicted octanol–water partition coefficient (Wildman–Crippen LogP) is 4.08. The van der Waals surface area contributed by atoms with Crippen LogP contribution >= 0.6 is 11.8 Å². The summed E-state index contributed by atoms with van der Waals surface area (Å²) in [5, 5.41) is -0.519. The largest absolute Gasteiger partial charge is 0.497 e. The van der Waals surface area contributed by atoms with Crippen molar-refractivity contribution in [1.29, 1.82) is 0 Å². The van der Waals surface area contributed by atoms with Crippen molar-refractivity contribution >= 4 is 34.7 Å². The number of benzene rings is 2. The first-order chi connectivity index (χ1) is 11.1. The van der Waals surface area contributed by atoms with Gasteiger partial charge in [-0.3, -0.25) is 9.59 Å². The molecule has 1 aliphatic heterocycles. The number of thioether (sulfide) groups is 1. The molecule has 0 N–H and O–H groups in total. The summed E-state index contributed by atoms with van der Waals surface area (Å²) < 4.78 is 19.0. The van der Waals surface area contributed by atoms with E-state index in [1.165, 1.54) is 18.2 Å². The van der Waals surface area contributed by atoms with Gasteiger partial charge in [0.2, 0.25) is 0 Å². The average Bonchev–Trinajstić information content (AvgIpc) is 2.82. The monoisotopic (exact) mass is 329 g/mol. The summed E-state index contributed by atoms with van der Waals surface area (Å²) in [6.45, 7) is 0. The minimum Gasteiger partial charge on any atom is -0.497 e. The molecule has 2 amide bonds. The van der Waals surface area contributed by atoms with E-state index in [1.807, 2.05) is 0 Å². The molecule has 2 aromatic carbocycles. The molecule has 116 valence electrons. The second-order valence-electron chi connectivity index (χ2n) is 4.75. The lowest BCUT2D eigenvalue weighted by Crippen LogP contribution is -2.28. The molecule has 6 heteroatoms. The van der Waals surface area contributed by atoms with E-state index in [9.17, 15) is 14.0 Å². The zero-order valence-electron chi connectivity index (χ0n) is 12.2. The topological polar surface area (TPSA) is 46.6 Å². The molecule has 2 aromatic rings. The van der Waals surface area contributed by atoms with Crippen LogP contribution in [0.5, 0.6) is 5.75 Å². The summed E-state index contributed by atoms with van der Waals surface area (Å²) in [6.07, 6.45) is 1.59. The highest BCUT2D eigenvalue weighted by molar-refractivity contribution is 8.19. The Morgan fingerprint density at radius 3 is 2.65 bits per heavy atom. The summed E-state index contributed by atoms with van der Waals surface area (Å²) in [6, 6.07) is 12.8. The Kier molecular flexibility index (Phi) is 4.16. The lowest BCUT2D eigenvalue weighted by molar-refractivity contribution is -0.113. The SMILES string of the molecule is COc1cccc(/C=C2\SC(=O)N(c3ccccc3F)C2=O)c1. The molecule has 1 fully saturated rings. The van der Waals surface area contributed by atoms with Gasteiger partial charge in [0.25, 0.3) is 11.1 Å². The molecule has 1 aliphatic rings. The molecule has 0 aromatic heterocycles. The normalized spacial score (nSPS) is 16.3. The highest BCUT2D eigenvalue weighted by Crippen LogP contribution is 2.36. The van der Waals surface area contributed by atoms with Crippen LogP contribution in [0.1, 0.15) is 5.56 Å².